The fourth-order valence-electron chi connectivity index (χ4n) is 2.68. The van der Waals surface area contributed by atoms with Crippen LogP contribution < -0.4 is 0 Å². The van der Waals surface area contributed by atoms with Crippen LogP contribution in [0.15, 0.2) is 18.3 Å². The van der Waals surface area contributed by atoms with E-state index in [4.69, 9.17) is 5.11 Å². The van der Waals surface area contributed by atoms with E-state index in [-0.39, 0.29) is 11.7 Å². The van der Waals surface area contributed by atoms with E-state index in [2.05, 4.69) is 4.98 Å². The van der Waals surface area contributed by atoms with Crippen LogP contribution in [0.25, 0.3) is 0 Å². The smallest absolute Gasteiger partial charge is 0.210 e. The van der Waals surface area contributed by atoms with Crippen molar-refractivity contribution in [3.05, 3.63) is 23.9 Å². The maximum Gasteiger partial charge on any atom is 0.210 e. The molecule has 3 heteroatoms. The molecule has 1 aromatic rings. The van der Waals surface area contributed by atoms with E-state index in [0.717, 1.165) is 0 Å². The molecule has 1 N–H and O–H groups in total. The summed E-state index contributed by atoms with van der Waals surface area (Å²) in [5, 5.41) is 9.11. The van der Waals surface area contributed by atoms with Gasteiger partial charge in [0.1, 0.15) is 0 Å². The van der Waals surface area contributed by atoms with Crippen LogP contribution >= 0.6 is 0 Å². The summed E-state index contributed by atoms with van der Waals surface area (Å²) in [5.74, 6) is 0.664. The zero-order chi connectivity index (χ0) is 12.8. The zero-order valence-electron chi connectivity index (χ0n) is 10.8. The normalized spacial score (nSPS) is 18.0. The molecule has 1 aliphatic carbocycles. The quantitative estimate of drug-likeness (QED) is 0.828. The maximum atomic E-state index is 12.1. The number of aromatic hydroxyl groups is 1. The molecule has 1 heterocycles. The van der Waals surface area contributed by atoms with Gasteiger partial charge in [0.15, 0.2) is 5.78 Å². The molecule has 0 amide bonds. The number of Topliss-reactive ketones (excluding diaryl/α,β-unsaturated/α-hetero) is 1. The molecule has 3 nitrogen and oxygen atoms in total. The van der Waals surface area contributed by atoms with Crippen molar-refractivity contribution < 1.29 is 9.90 Å². The Kier molecular flexibility index (Phi) is 4.73. The van der Waals surface area contributed by atoms with E-state index in [0.29, 0.717) is 17.9 Å². The molecule has 0 aliphatic heterocycles. The van der Waals surface area contributed by atoms with Crippen LogP contribution in [0, 0.1) is 5.92 Å². The minimum Gasteiger partial charge on any atom is -0.493 e. The van der Waals surface area contributed by atoms with Crippen LogP contribution in [-0.4, -0.2) is 15.9 Å². The molecule has 0 spiro atoms. The molecule has 1 fully saturated rings. The molecule has 98 valence electrons. The first kappa shape index (κ1) is 13.1. The van der Waals surface area contributed by atoms with E-state index in [9.17, 15) is 4.79 Å². The third kappa shape index (κ3) is 3.83. The van der Waals surface area contributed by atoms with Crippen LogP contribution in [-0.2, 0) is 0 Å². The van der Waals surface area contributed by atoms with Crippen molar-refractivity contribution >= 4 is 5.78 Å². The van der Waals surface area contributed by atoms with Crippen LogP contribution in [0.3, 0.4) is 0 Å². The van der Waals surface area contributed by atoms with Gasteiger partial charge in [0.2, 0.25) is 5.88 Å². The minimum absolute atomic E-state index is 0.0301. The first-order valence-corrected chi connectivity index (χ1v) is 6.94. The van der Waals surface area contributed by atoms with Gasteiger partial charge < -0.3 is 5.11 Å². The zero-order valence-corrected chi connectivity index (χ0v) is 10.8. The monoisotopic (exact) mass is 247 g/mol. The number of hydrogen-bond acceptors (Lipinski definition) is 3. The number of carbonyl (C=O) groups excluding carboxylic acids is 1. The number of nitrogens with zero attached hydrogens (tertiary/aromatic N) is 1. The Morgan fingerprint density at radius 2 is 1.83 bits per heavy atom. The Morgan fingerprint density at radius 1 is 1.17 bits per heavy atom. The van der Waals surface area contributed by atoms with Crippen LogP contribution in [0.1, 0.15) is 61.7 Å². The van der Waals surface area contributed by atoms with Crippen molar-refractivity contribution in [1.82, 2.24) is 4.98 Å². The Labute approximate surface area is 108 Å². The molecule has 1 aromatic heterocycles. The summed E-state index contributed by atoms with van der Waals surface area (Å²) in [7, 11) is 0. The second-order valence-corrected chi connectivity index (χ2v) is 5.24. The maximum absolute atomic E-state index is 12.1. The molecule has 0 bridgehead atoms. The van der Waals surface area contributed by atoms with E-state index in [1.165, 1.54) is 57.2 Å². The topological polar surface area (TPSA) is 50.2 Å². The van der Waals surface area contributed by atoms with Crippen molar-refractivity contribution in [2.24, 2.45) is 5.92 Å². The number of pyridine rings is 1. The molecule has 0 aromatic carbocycles. The predicted molar refractivity (Wildman–Crippen MR) is 70.7 cm³/mol. The highest BCUT2D eigenvalue weighted by Crippen LogP contribution is 2.26. The number of carbonyl (C=O) groups is 1. The molecule has 1 saturated carbocycles. The third-order valence-electron chi connectivity index (χ3n) is 3.77. The Balaban J connectivity index is 1.91. The lowest BCUT2D eigenvalue weighted by Crippen LogP contribution is -2.11. The number of hydrogen-bond donors (Lipinski definition) is 1. The summed E-state index contributed by atoms with van der Waals surface area (Å²) in [6, 6.07) is 3.14. The number of rotatable bonds is 3. The predicted octanol–water partition coefficient (Wildman–Crippen LogP) is 3.72. The Bertz CT molecular complexity index is 378. The summed E-state index contributed by atoms with van der Waals surface area (Å²) in [6.45, 7) is 0. The fraction of sp³-hybridized carbons (Fsp3) is 0.600. The van der Waals surface area contributed by atoms with Crippen molar-refractivity contribution in [2.75, 3.05) is 0 Å². The van der Waals surface area contributed by atoms with E-state index in [1.54, 1.807) is 6.07 Å². The summed E-state index contributed by atoms with van der Waals surface area (Å²) >= 11 is 0. The lowest BCUT2D eigenvalue weighted by atomic mass is 9.87. The minimum atomic E-state index is -0.0301. The third-order valence-corrected chi connectivity index (χ3v) is 3.77. The first-order chi connectivity index (χ1) is 8.75. The van der Waals surface area contributed by atoms with Crippen LogP contribution in [0.4, 0.5) is 0 Å². The van der Waals surface area contributed by atoms with Gasteiger partial charge in [-0.2, -0.15) is 0 Å². The Morgan fingerprint density at radius 3 is 2.44 bits per heavy atom. The van der Waals surface area contributed by atoms with E-state index in [1.807, 2.05) is 0 Å². The van der Waals surface area contributed by atoms with Crippen LogP contribution in [0.2, 0.25) is 0 Å². The average molecular weight is 247 g/mol. The molecule has 1 aliphatic rings. The average Bonchev–Trinajstić information content (AvgIpc) is 2.33. The van der Waals surface area contributed by atoms with Crippen molar-refractivity contribution in [2.45, 2.75) is 51.4 Å². The summed E-state index contributed by atoms with van der Waals surface area (Å²) in [5.41, 5.74) is 0.620. The van der Waals surface area contributed by atoms with E-state index >= 15 is 0 Å². The SMILES string of the molecule is O=C(CC1CCCCCCC1)c1ccc(O)nc1. The van der Waals surface area contributed by atoms with Crippen molar-refractivity contribution in [3.8, 4) is 5.88 Å². The molecular formula is C15H21NO2. The highest BCUT2D eigenvalue weighted by atomic mass is 16.3. The van der Waals surface area contributed by atoms with Gasteiger partial charge in [-0.05, 0) is 12.0 Å². The first-order valence-electron chi connectivity index (χ1n) is 6.94. The molecule has 0 radical (unpaired) electrons. The van der Waals surface area contributed by atoms with Crippen molar-refractivity contribution in [1.29, 1.82) is 0 Å². The van der Waals surface area contributed by atoms with Crippen LogP contribution in [0.5, 0.6) is 5.88 Å². The van der Waals surface area contributed by atoms with Gasteiger partial charge in [-0.1, -0.05) is 44.9 Å². The molecule has 0 atom stereocenters. The fourth-order valence-corrected chi connectivity index (χ4v) is 2.68. The summed E-state index contributed by atoms with van der Waals surface area (Å²) < 4.78 is 0. The second kappa shape index (κ2) is 6.53. The van der Waals surface area contributed by atoms with Gasteiger partial charge in [0.25, 0.3) is 0 Å². The van der Waals surface area contributed by atoms with Crippen molar-refractivity contribution in [3.63, 3.8) is 0 Å². The summed E-state index contributed by atoms with van der Waals surface area (Å²) in [4.78, 5) is 15.9. The van der Waals surface area contributed by atoms with E-state index < -0.39 is 0 Å². The molecule has 0 unspecified atom stereocenters. The van der Waals surface area contributed by atoms with Gasteiger partial charge >= 0.3 is 0 Å². The van der Waals surface area contributed by atoms with Gasteiger partial charge in [-0.3, -0.25) is 4.79 Å². The Hall–Kier alpha value is -1.38. The summed E-state index contributed by atoms with van der Waals surface area (Å²) in [6.07, 6.45) is 10.9. The molecule has 18 heavy (non-hydrogen) atoms. The molecule has 0 saturated heterocycles. The largest absolute Gasteiger partial charge is 0.493 e. The number of aromatic nitrogens is 1. The standard InChI is InChI=1S/C15H21NO2/c17-14(13-8-9-15(18)16-11-13)10-12-6-4-2-1-3-5-7-12/h8-9,11-12H,1-7,10H2,(H,16,18). The highest BCUT2D eigenvalue weighted by molar-refractivity contribution is 5.95. The second-order valence-electron chi connectivity index (χ2n) is 5.24. The van der Waals surface area contributed by atoms with Gasteiger partial charge in [0, 0.05) is 24.2 Å². The highest BCUT2D eigenvalue weighted by Gasteiger charge is 2.16. The van der Waals surface area contributed by atoms with Gasteiger partial charge in [-0.15, -0.1) is 0 Å². The molecule has 2 rings (SSSR count). The lowest BCUT2D eigenvalue weighted by Gasteiger charge is -2.18. The lowest BCUT2D eigenvalue weighted by molar-refractivity contribution is 0.0953. The van der Waals surface area contributed by atoms with Gasteiger partial charge in [-0.25, -0.2) is 4.98 Å². The van der Waals surface area contributed by atoms with Gasteiger partial charge in [0.05, 0.1) is 0 Å². The molecular weight excluding hydrogens is 226 g/mol. The number of ketones is 1.